The zero-order valence-corrected chi connectivity index (χ0v) is 14.1. The van der Waals surface area contributed by atoms with Crippen LogP contribution < -0.4 is 0 Å². The third-order valence-electron chi connectivity index (χ3n) is 5.43. The summed E-state index contributed by atoms with van der Waals surface area (Å²) < 4.78 is 0. The van der Waals surface area contributed by atoms with Gasteiger partial charge in [-0.3, -0.25) is 14.7 Å². The molecular weight excluding hydrogens is 298 g/mol. The molecule has 0 spiro atoms. The Labute approximate surface area is 143 Å². The molecule has 1 amide bonds. The van der Waals surface area contributed by atoms with E-state index in [1.54, 1.807) is 24.5 Å². The molecule has 0 bridgehead atoms. The summed E-state index contributed by atoms with van der Waals surface area (Å²) in [5.74, 6) is 1.37. The van der Waals surface area contributed by atoms with Gasteiger partial charge in [-0.2, -0.15) is 0 Å². The van der Waals surface area contributed by atoms with E-state index in [9.17, 15) is 4.79 Å². The second-order valence-electron chi connectivity index (χ2n) is 7.09. The number of carbonyl (C=O) groups excluding carboxylic acids is 1. The second kappa shape index (κ2) is 6.36. The van der Waals surface area contributed by atoms with Crippen LogP contribution in [0.4, 0.5) is 0 Å². The highest BCUT2D eigenvalue weighted by atomic mass is 16.2. The van der Waals surface area contributed by atoms with Crippen molar-refractivity contribution in [2.75, 3.05) is 26.2 Å². The molecular formula is C20H23N3O. The molecule has 2 aliphatic rings. The van der Waals surface area contributed by atoms with Gasteiger partial charge in [0.25, 0.3) is 5.91 Å². The number of likely N-dealkylation sites (tertiary alicyclic amines) is 2. The fraction of sp³-hybridized carbons (Fsp3) is 0.400. The molecule has 4 heteroatoms. The second-order valence-corrected chi connectivity index (χ2v) is 7.09. The minimum absolute atomic E-state index is 0.150. The van der Waals surface area contributed by atoms with Crippen LogP contribution in [0.3, 0.4) is 0 Å². The largest absolute Gasteiger partial charge is 0.338 e. The van der Waals surface area contributed by atoms with Crippen molar-refractivity contribution in [1.82, 2.24) is 14.8 Å². The van der Waals surface area contributed by atoms with Crippen LogP contribution in [0, 0.1) is 18.8 Å². The van der Waals surface area contributed by atoms with Gasteiger partial charge in [0.05, 0.1) is 0 Å². The minimum atomic E-state index is 0.150. The van der Waals surface area contributed by atoms with E-state index >= 15 is 0 Å². The highest BCUT2D eigenvalue weighted by molar-refractivity contribution is 5.94. The third-order valence-corrected chi connectivity index (χ3v) is 5.43. The Bertz CT molecular complexity index is 717. The zero-order valence-electron chi connectivity index (χ0n) is 14.1. The van der Waals surface area contributed by atoms with Crippen molar-refractivity contribution in [2.45, 2.75) is 13.5 Å². The summed E-state index contributed by atoms with van der Waals surface area (Å²) in [5, 5.41) is 0. The van der Waals surface area contributed by atoms with Crippen molar-refractivity contribution in [3.05, 3.63) is 65.5 Å². The number of aryl methyl sites for hydroxylation is 1. The average molecular weight is 321 g/mol. The molecule has 2 aliphatic heterocycles. The van der Waals surface area contributed by atoms with Gasteiger partial charge in [-0.05, 0) is 42.0 Å². The summed E-state index contributed by atoms with van der Waals surface area (Å²) in [6.07, 6.45) is 3.38. The fourth-order valence-electron chi connectivity index (χ4n) is 4.09. The topological polar surface area (TPSA) is 36.4 Å². The lowest BCUT2D eigenvalue weighted by Gasteiger charge is -2.22. The predicted molar refractivity (Wildman–Crippen MR) is 93.6 cm³/mol. The highest BCUT2D eigenvalue weighted by Crippen LogP contribution is 2.32. The first kappa shape index (κ1) is 15.3. The van der Waals surface area contributed by atoms with Crippen LogP contribution >= 0.6 is 0 Å². The minimum Gasteiger partial charge on any atom is -0.338 e. The number of rotatable bonds is 3. The number of pyridine rings is 1. The molecule has 24 heavy (non-hydrogen) atoms. The van der Waals surface area contributed by atoms with Crippen molar-refractivity contribution in [1.29, 1.82) is 0 Å². The summed E-state index contributed by atoms with van der Waals surface area (Å²) in [6, 6.07) is 12.2. The van der Waals surface area contributed by atoms with E-state index in [1.807, 2.05) is 4.90 Å². The monoisotopic (exact) mass is 321 g/mol. The average Bonchev–Trinajstić information content (AvgIpc) is 3.15. The summed E-state index contributed by atoms with van der Waals surface area (Å²) in [5.41, 5.74) is 3.54. The number of hydrogen-bond acceptors (Lipinski definition) is 3. The predicted octanol–water partition coefficient (Wildman–Crippen LogP) is 2.59. The van der Waals surface area contributed by atoms with E-state index in [-0.39, 0.29) is 5.91 Å². The van der Waals surface area contributed by atoms with Crippen molar-refractivity contribution in [3.63, 3.8) is 0 Å². The van der Waals surface area contributed by atoms with Crippen LogP contribution in [0.5, 0.6) is 0 Å². The van der Waals surface area contributed by atoms with E-state index in [4.69, 9.17) is 0 Å². The van der Waals surface area contributed by atoms with Gasteiger partial charge in [-0.1, -0.05) is 24.3 Å². The van der Waals surface area contributed by atoms with E-state index < -0.39 is 0 Å². The Morgan fingerprint density at radius 1 is 1.04 bits per heavy atom. The van der Waals surface area contributed by atoms with Crippen molar-refractivity contribution >= 4 is 5.91 Å². The Kier molecular flexibility index (Phi) is 4.07. The van der Waals surface area contributed by atoms with Crippen LogP contribution in [0.2, 0.25) is 0 Å². The molecule has 0 saturated carbocycles. The Balaban J connectivity index is 1.37. The van der Waals surface area contributed by atoms with Crippen LogP contribution in [0.1, 0.15) is 21.5 Å². The maximum absolute atomic E-state index is 12.6. The summed E-state index contributed by atoms with van der Waals surface area (Å²) in [4.78, 5) is 21.1. The smallest absolute Gasteiger partial charge is 0.253 e. The van der Waals surface area contributed by atoms with Gasteiger partial charge in [-0.15, -0.1) is 0 Å². The molecule has 1 aromatic carbocycles. The van der Waals surface area contributed by atoms with Gasteiger partial charge < -0.3 is 4.90 Å². The molecule has 0 radical (unpaired) electrons. The Morgan fingerprint density at radius 2 is 1.71 bits per heavy atom. The first-order valence-corrected chi connectivity index (χ1v) is 8.67. The lowest BCUT2D eigenvalue weighted by Crippen LogP contribution is -2.33. The molecule has 0 N–H and O–H groups in total. The lowest BCUT2D eigenvalue weighted by molar-refractivity contribution is 0.0773. The number of amides is 1. The van der Waals surface area contributed by atoms with Crippen molar-refractivity contribution in [3.8, 4) is 0 Å². The number of benzene rings is 1. The van der Waals surface area contributed by atoms with E-state index in [0.717, 1.165) is 38.3 Å². The van der Waals surface area contributed by atoms with E-state index in [2.05, 4.69) is 41.1 Å². The van der Waals surface area contributed by atoms with Crippen LogP contribution in [0.15, 0.2) is 48.8 Å². The van der Waals surface area contributed by atoms with Gasteiger partial charge in [0.1, 0.15) is 0 Å². The molecule has 3 heterocycles. The molecule has 4 nitrogen and oxygen atoms in total. The van der Waals surface area contributed by atoms with Crippen LogP contribution in [-0.4, -0.2) is 46.9 Å². The number of aromatic nitrogens is 1. The van der Waals surface area contributed by atoms with Gasteiger partial charge in [-0.25, -0.2) is 0 Å². The maximum Gasteiger partial charge on any atom is 0.253 e. The number of fused-ring (bicyclic) bond motifs is 1. The third kappa shape index (κ3) is 2.94. The summed E-state index contributed by atoms with van der Waals surface area (Å²) in [7, 11) is 0. The van der Waals surface area contributed by atoms with Crippen molar-refractivity contribution in [2.24, 2.45) is 11.8 Å². The molecule has 2 fully saturated rings. The molecule has 2 saturated heterocycles. The number of carbonyl (C=O) groups is 1. The van der Waals surface area contributed by atoms with Crippen molar-refractivity contribution < 1.29 is 4.79 Å². The SMILES string of the molecule is Cc1ccccc1CN1C[C@@H]2CN(C(=O)c3ccncc3)C[C@@H]2C1. The maximum atomic E-state index is 12.6. The molecule has 0 unspecified atom stereocenters. The summed E-state index contributed by atoms with van der Waals surface area (Å²) >= 11 is 0. The Morgan fingerprint density at radius 3 is 2.38 bits per heavy atom. The fourth-order valence-corrected chi connectivity index (χ4v) is 4.09. The van der Waals surface area contributed by atoms with Gasteiger partial charge in [0.2, 0.25) is 0 Å². The van der Waals surface area contributed by atoms with Crippen LogP contribution in [0.25, 0.3) is 0 Å². The zero-order chi connectivity index (χ0) is 16.5. The first-order chi connectivity index (χ1) is 11.7. The van der Waals surface area contributed by atoms with E-state index in [0.29, 0.717) is 11.8 Å². The lowest BCUT2D eigenvalue weighted by atomic mass is 10.0. The first-order valence-electron chi connectivity index (χ1n) is 8.67. The quantitative estimate of drug-likeness (QED) is 0.872. The number of nitrogens with zero attached hydrogens (tertiary/aromatic N) is 3. The molecule has 124 valence electrons. The van der Waals surface area contributed by atoms with Gasteiger partial charge >= 0.3 is 0 Å². The Hall–Kier alpha value is -2.20. The molecule has 2 aromatic rings. The van der Waals surface area contributed by atoms with Crippen LogP contribution in [-0.2, 0) is 6.54 Å². The number of hydrogen-bond donors (Lipinski definition) is 0. The van der Waals surface area contributed by atoms with Gasteiger partial charge in [0, 0.05) is 50.7 Å². The molecule has 2 atom stereocenters. The standard InChI is InChI=1S/C20H23N3O/c1-15-4-2-3-5-17(15)10-22-11-18-13-23(14-19(18)12-22)20(24)16-6-8-21-9-7-16/h2-9,18-19H,10-14H2,1H3/t18-,19+. The van der Waals surface area contributed by atoms with Gasteiger partial charge in [0.15, 0.2) is 0 Å². The summed E-state index contributed by atoms with van der Waals surface area (Å²) in [6.45, 7) is 7.17. The highest BCUT2D eigenvalue weighted by Gasteiger charge is 2.41. The normalized spacial score (nSPS) is 23.5. The molecule has 4 rings (SSSR count). The van der Waals surface area contributed by atoms with E-state index in [1.165, 1.54) is 11.1 Å². The molecule has 0 aliphatic carbocycles. The molecule has 1 aromatic heterocycles.